The van der Waals surface area contributed by atoms with Crippen LogP contribution < -0.4 is 9.80 Å². The number of nitrogens with zero attached hydrogens (tertiary/aromatic N) is 2. The van der Waals surface area contributed by atoms with Gasteiger partial charge in [0.1, 0.15) is 0 Å². The third-order valence-electron chi connectivity index (χ3n) is 4.10. The Bertz CT molecular complexity index is 485. The van der Waals surface area contributed by atoms with E-state index in [1.807, 2.05) is 11.0 Å². The van der Waals surface area contributed by atoms with Crippen LogP contribution in [-0.2, 0) is 9.53 Å². The summed E-state index contributed by atoms with van der Waals surface area (Å²) in [4.78, 5) is 16.6. The lowest BCUT2D eigenvalue weighted by Gasteiger charge is -2.38. The van der Waals surface area contributed by atoms with Gasteiger partial charge < -0.3 is 14.5 Å². The minimum Gasteiger partial charge on any atom is -0.384 e. The first kappa shape index (κ1) is 13.4. The van der Waals surface area contributed by atoms with Crippen molar-refractivity contribution in [1.29, 1.82) is 0 Å². The van der Waals surface area contributed by atoms with Gasteiger partial charge in [-0.05, 0) is 30.9 Å². The molecule has 0 aromatic heterocycles. The number of fused-ring (bicyclic) bond motifs is 1. The van der Waals surface area contributed by atoms with Crippen molar-refractivity contribution < 1.29 is 9.53 Å². The molecule has 0 spiro atoms. The fourth-order valence-electron chi connectivity index (χ4n) is 2.81. The van der Waals surface area contributed by atoms with Gasteiger partial charge in [-0.15, -0.1) is 0 Å². The quantitative estimate of drug-likeness (QED) is 0.826. The number of hydrogen-bond donors (Lipinski definition) is 0. The highest BCUT2D eigenvalue weighted by atomic mass is 16.5. The van der Waals surface area contributed by atoms with Gasteiger partial charge in [-0.2, -0.15) is 0 Å². The summed E-state index contributed by atoms with van der Waals surface area (Å²) < 4.78 is 5.02. The molecule has 0 radical (unpaired) electrons. The van der Waals surface area contributed by atoms with Crippen LogP contribution in [0.5, 0.6) is 0 Å². The van der Waals surface area contributed by atoms with E-state index in [1.165, 1.54) is 18.5 Å². The van der Waals surface area contributed by atoms with E-state index < -0.39 is 0 Å². The molecule has 0 bridgehead atoms. The monoisotopic (exact) mass is 274 g/mol. The van der Waals surface area contributed by atoms with Gasteiger partial charge in [0.05, 0.1) is 24.4 Å². The lowest BCUT2D eigenvalue weighted by molar-refractivity contribution is -0.119. The molecule has 1 fully saturated rings. The van der Waals surface area contributed by atoms with Crippen molar-refractivity contribution in [3.05, 3.63) is 24.3 Å². The van der Waals surface area contributed by atoms with Crippen molar-refractivity contribution in [3.63, 3.8) is 0 Å². The lowest BCUT2D eigenvalue weighted by Crippen LogP contribution is -2.45. The van der Waals surface area contributed by atoms with Crippen molar-refractivity contribution in [2.24, 2.45) is 5.92 Å². The molecule has 1 saturated carbocycles. The maximum Gasteiger partial charge on any atom is 0.229 e. The second-order valence-electron chi connectivity index (χ2n) is 5.67. The average molecular weight is 274 g/mol. The Morgan fingerprint density at radius 1 is 1.25 bits per heavy atom. The fourth-order valence-corrected chi connectivity index (χ4v) is 2.81. The second-order valence-corrected chi connectivity index (χ2v) is 5.67. The molecule has 1 aliphatic carbocycles. The molecule has 0 unspecified atom stereocenters. The maximum atomic E-state index is 12.3. The fraction of sp³-hybridized carbons (Fsp3) is 0.562. The molecule has 1 aromatic carbocycles. The molecule has 2 aliphatic rings. The van der Waals surface area contributed by atoms with Gasteiger partial charge in [0, 0.05) is 26.7 Å². The highest BCUT2D eigenvalue weighted by Crippen LogP contribution is 2.37. The number of carbonyl (C=O) groups excluding carboxylic acids is 1. The smallest absolute Gasteiger partial charge is 0.229 e. The second kappa shape index (κ2) is 5.83. The lowest BCUT2D eigenvalue weighted by atomic mass is 10.1. The first-order chi connectivity index (χ1) is 9.79. The molecule has 0 atom stereocenters. The Balaban J connectivity index is 1.78. The molecule has 4 nitrogen and oxygen atoms in total. The molecule has 1 aromatic rings. The van der Waals surface area contributed by atoms with Crippen LogP contribution in [0.25, 0.3) is 0 Å². The summed E-state index contributed by atoms with van der Waals surface area (Å²) in [6, 6.07) is 8.25. The molecular formula is C16H22N2O2. The standard InChI is InChI=1S/C16H22N2O2/c1-20-11-8-16(19)18-10-9-17(12-13-6-7-13)14-4-2-3-5-15(14)18/h2-5,13H,6-12H2,1H3. The first-order valence-electron chi connectivity index (χ1n) is 7.43. The third kappa shape index (κ3) is 2.80. The number of rotatable bonds is 5. The molecule has 108 valence electrons. The molecule has 20 heavy (non-hydrogen) atoms. The van der Waals surface area contributed by atoms with Crippen LogP contribution in [-0.4, -0.2) is 39.3 Å². The number of anilines is 2. The van der Waals surface area contributed by atoms with Gasteiger partial charge >= 0.3 is 0 Å². The first-order valence-corrected chi connectivity index (χ1v) is 7.43. The van der Waals surface area contributed by atoms with Crippen LogP contribution in [0.15, 0.2) is 24.3 Å². The number of hydrogen-bond acceptors (Lipinski definition) is 3. The van der Waals surface area contributed by atoms with Crippen LogP contribution in [0.4, 0.5) is 11.4 Å². The Morgan fingerprint density at radius 3 is 2.70 bits per heavy atom. The van der Waals surface area contributed by atoms with Crippen molar-refractivity contribution in [2.45, 2.75) is 19.3 Å². The summed E-state index contributed by atoms with van der Waals surface area (Å²) in [5, 5.41) is 0. The van der Waals surface area contributed by atoms with E-state index in [0.717, 1.165) is 31.2 Å². The van der Waals surface area contributed by atoms with Crippen LogP contribution in [0.3, 0.4) is 0 Å². The van der Waals surface area contributed by atoms with E-state index in [0.29, 0.717) is 13.0 Å². The van der Waals surface area contributed by atoms with E-state index >= 15 is 0 Å². The van der Waals surface area contributed by atoms with Crippen molar-refractivity contribution >= 4 is 17.3 Å². The number of ether oxygens (including phenoxy) is 1. The Morgan fingerprint density at radius 2 is 2.00 bits per heavy atom. The normalized spacial score (nSPS) is 18.1. The van der Waals surface area contributed by atoms with Crippen LogP contribution in [0, 0.1) is 5.92 Å². The highest BCUT2D eigenvalue weighted by molar-refractivity contribution is 5.97. The van der Waals surface area contributed by atoms with Crippen molar-refractivity contribution in [1.82, 2.24) is 0 Å². The zero-order valence-electron chi connectivity index (χ0n) is 12.0. The molecule has 0 saturated heterocycles. The Labute approximate surface area is 120 Å². The minimum absolute atomic E-state index is 0.158. The van der Waals surface area contributed by atoms with Gasteiger partial charge in [0.15, 0.2) is 0 Å². The number of methoxy groups -OCH3 is 1. The number of carbonyl (C=O) groups is 1. The summed E-state index contributed by atoms with van der Waals surface area (Å²) in [6.07, 6.45) is 3.16. The Kier molecular flexibility index (Phi) is 3.92. The van der Waals surface area contributed by atoms with Crippen LogP contribution in [0.1, 0.15) is 19.3 Å². The van der Waals surface area contributed by atoms with Gasteiger partial charge in [-0.25, -0.2) is 0 Å². The van der Waals surface area contributed by atoms with Gasteiger partial charge in [-0.1, -0.05) is 12.1 Å². The molecular weight excluding hydrogens is 252 g/mol. The van der Waals surface area contributed by atoms with Gasteiger partial charge in [0.25, 0.3) is 0 Å². The largest absolute Gasteiger partial charge is 0.384 e. The van der Waals surface area contributed by atoms with E-state index in [-0.39, 0.29) is 5.91 Å². The predicted octanol–water partition coefficient (Wildman–Crippen LogP) is 2.29. The van der Waals surface area contributed by atoms with Crippen molar-refractivity contribution in [2.75, 3.05) is 43.2 Å². The van der Waals surface area contributed by atoms with E-state index in [2.05, 4.69) is 23.1 Å². The molecule has 1 aliphatic heterocycles. The summed E-state index contributed by atoms with van der Waals surface area (Å²) in [7, 11) is 1.63. The molecule has 4 heteroatoms. The van der Waals surface area contributed by atoms with Gasteiger partial charge in [0.2, 0.25) is 5.91 Å². The van der Waals surface area contributed by atoms with Gasteiger partial charge in [-0.3, -0.25) is 4.79 Å². The highest BCUT2D eigenvalue weighted by Gasteiger charge is 2.30. The van der Waals surface area contributed by atoms with Crippen LogP contribution in [0.2, 0.25) is 0 Å². The summed E-state index contributed by atoms with van der Waals surface area (Å²) in [5.41, 5.74) is 2.26. The maximum absolute atomic E-state index is 12.3. The zero-order chi connectivity index (χ0) is 13.9. The summed E-state index contributed by atoms with van der Waals surface area (Å²) >= 11 is 0. The molecule has 3 rings (SSSR count). The number of para-hydroxylation sites is 2. The van der Waals surface area contributed by atoms with E-state index in [4.69, 9.17) is 4.74 Å². The Hall–Kier alpha value is -1.55. The molecule has 0 N–H and O–H groups in total. The SMILES string of the molecule is COCCC(=O)N1CCN(CC2CC2)c2ccccc21. The minimum atomic E-state index is 0.158. The number of amides is 1. The summed E-state index contributed by atoms with van der Waals surface area (Å²) in [6.45, 7) is 3.35. The third-order valence-corrected chi connectivity index (χ3v) is 4.10. The van der Waals surface area contributed by atoms with E-state index in [1.54, 1.807) is 7.11 Å². The zero-order valence-corrected chi connectivity index (χ0v) is 12.0. The van der Waals surface area contributed by atoms with Crippen molar-refractivity contribution in [3.8, 4) is 0 Å². The van der Waals surface area contributed by atoms with E-state index in [9.17, 15) is 4.79 Å². The topological polar surface area (TPSA) is 32.8 Å². The predicted molar refractivity (Wildman–Crippen MR) is 80.2 cm³/mol. The molecule has 1 amide bonds. The van der Waals surface area contributed by atoms with Crippen LogP contribution >= 0.6 is 0 Å². The average Bonchev–Trinajstić information content (AvgIpc) is 3.29. The molecule has 1 heterocycles. The number of benzene rings is 1. The summed E-state index contributed by atoms with van der Waals surface area (Å²) in [5.74, 6) is 1.02.